The molecule has 86 valence electrons. The van der Waals surface area contributed by atoms with Crippen LogP contribution in [0, 0.1) is 0 Å². The standard InChI is InChI=1S/C10H17BrN2OS/c1-4-10(3,14)6-13-7(2)9-12-5-8(11)15-9/h5,7,13-14H,4,6H2,1-3H3. The quantitative estimate of drug-likeness (QED) is 0.877. The summed E-state index contributed by atoms with van der Waals surface area (Å²) in [5.41, 5.74) is -0.636. The van der Waals surface area contributed by atoms with Crippen LogP contribution in [0.1, 0.15) is 38.2 Å². The Hall–Kier alpha value is 0.0300. The van der Waals surface area contributed by atoms with Crippen LogP contribution >= 0.6 is 27.3 Å². The molecule has 0 aliphatic carbocycles. The highest BCUT2D eigenvalue weighted by Gasteiger charge is 2.19. The molecule has 0 aliphatic heterocycles. The Morgan fingerprint density at radius 2 is 2.40 bits per heavy atom. The van der Waals surface area contributed by atoms with Crippen molar-refractivity contribution >= 4 is 27.3 Å². The summed E-state index contributed by atoms with van der Waals surface area (Å²) in [7, 11) is 0. The maximum atomic E-state index is 9.84. The molecule has 0 fully saturated rings. The average molecular weight is 293 g/mol. The van der Waals surface area contributed by atoms with Gasteiger partial charge in [-0.25, -0.2) is 4.98 Å². The van der Waals surface area contributed by atoms with E-state index in [1.807, 2.05) is 13.8 Å². The van der Waals surface area contributed by atoms with Gasteiger partial charge in [0, 0.05) is 6.54 Å². The molecule has 2 unspecified atom stereocenters. The molecule has 2 N–H and O–H groups in total. The predicted octanol–water partition coefficient (Wildman–Crippen LogP) is 2.72. The molecular formula is C10H17BrN2OS. The molecule has 5 heteroatoms. The Balaban J connectivity index is 2.46. The van der Waals surface area contributed by atoms with E-state index < -0.39 is 5.60 Å². The summed E-state index contributed by atoms with van der Waals surface area (Å²) in [6.07, 6.45) is 2.55. The molecule has 0 saturated heterocycles. The molecule has 1 aromatic heterocycles. The van der Waals surface area contributed by atoms with Gasteiger partial charge in [0.2, 0.25) is 0 Å². The predicted molar refractivity (Wildman–Crippen MR) is 67.1 cm³/mol. The van der Waals surface area contributed by atoms with Gasteiger partial charge >= 0.3 is 0 Å². The summed E-state index contributed by atoms with van der Waals surface area (Å²) in [5.74, 6) is 0. The first-order valence-corrected chi connectivity index (χ1v) is 6.62. The second-order valence-electron chi connectivity index (χ2n) is 3.96. The Morgan fingerprint density at radius 1 is 1.73 bits per heavy atom. The van der Waals surface area contributed by atoms with Crippen LogP contribution < -0.4 is 5.32 Å². The SMILES string of the molecule is CCC(C)(O)CNC(C)c1ncc(Br)s1. The molecular weight excluding hydrogens is 276 g/mol. The summed E-state index contributed by atoms with van der Waals surface area (Å²) in [6.45, 7) is 6.45. The highest BCUT2D eigenvalue weighted by atomic mass is 79.9. The summed E-state index contributed by atoms with van der Waals surface area (Å²) in [5, 5.41) is 14.2. The minimum absolute atomic E-state index is 0.180. The third kappa shape index (κ3) is 4.18. The summed E-state index contributed by atoms with van der Waals surface area (Å²) < 4.78 is 1.04. The zero-order valence-corrected chi connectivity index (χ0v) is 11.7. The zero-order chi connectivity index (χ0) is 11.5. The first-order chi connectivity index (χ1) is 6.94. The average Bonchev–Trinajstić information content (AvgIpc) is 2.61. The van der Waals surface area contributed by atoms with E-state index in [1.54, 1.807) is 17.5 Å². The third-order valence-electron chi connectivity index (χ3n) is 2.42. The fourth-order valence-corrected chi connectivity index (χ4v) is 2.32. The lowest BCUT2D eigenvalue weighted by Crippen LogP contribution is -2.38. The first-order valence-electron chi connectivity index (χ1n) is 5.01. The minimum Gasteiger partial charge on any atom is -0.389 e. The molecule has 0 spiro atoms. The van der Waals surface area contributed by atoms with Gasteiger partial charge in [0.05, 0.1) is 21.6 Å². The van der Waals surface area contributed by atoms with Crippen LogP contribution in [0.4, 0.5) is 0 Å². The topological polar surface area (TPSA) is 45.1 Å². The smallest absolute Gasteiger partial charge is 0.110 e. The van der Waals surface area contributed by atoms with Gasteiger partial charge in [-0.1, -0.05) is 6.92 Å². The Morgan fingerprint density at radius 3 is 2.87 bits per heavy atom. The van der Waals surface area contributed by atoms with E-state index in [9.17, 15) is 5.11 Å². The van der Waals surface area contributed by atoms with Crippen molar-refractivity contribution in [3.05, 3.63) is 15.0 Å². The van der Waals surface area contributed by atoms with E-state index in [1.165, 1.54) is 0 Å². The van der Waals surface area contributed by atoms with Crippen LogP contribution in [0.3, 0.4) is 0 Å². The maximum Gasteiger partial charge on any atom is 0.110 e. The largest absolute Gasteiger partial charge is 0.389 e. The van der Waals surface area contributed by atoms with Crippen LogP contribution in [0.5, 0.6) is 0 Å². The number of hydrogen-bond donors (Lipinski definition) is 2. The third-order valence-corrected chi connectivity index (χ3v) is 4.08. The minimum atomic E-state index is -0.636. The lowest BCUT2D eigenvalue weighted by Gasteiger charge is -2.23. The van der Waals surface area contributed by atoms with Crippen molar-refractivity contribution in [3.8, 4) is 0 Å². The van der Waals surface area contributed by atoms with Gasteiger partial charge in [0.25, 0.3) is 0 Å². The number of aromatic nitrogens is 1. The molecule has 0 amide bonds. The van der Waals surface area contributed by atoms with Crippen molar-refractivity contribution < 1.29 is 5.11 Å². The van der Waals surface area contributed by atoms with E-state index in [0.717, 1.165) is 15.2 Å². The fraction of sp³-hybridized carbons (Fsp3) is 0.700. The van der Waals surface area contributed by atoms with Gasteiger partial charge < -0.3 is 10.4 Å². The number of nitrogens with one attached hydrogen (secondary N) is 1. The molecule has 2 atom stereocenters. The van der Waals surface area contributed by atoms with Crippen LogP contribution in [-0.2, 0) is 0 Å². The number of hydrogen-bond acceptors (Lipinski definition) is 4. The summed E-state index contributed by atoms with van der Waals surface area (Å²) in [6, 6.07) is 0.180. The molecule has 3 nitrogen and oxygen atoms in total. The first kappa shape index (κ1) is 13.1. The molecule has 15 heavy (non-hydrogen) atoms. The highest BCUT2D eigenvalue weighted by molar-refractivity contribution is 9.11. The second-order valence-corrected chi connectivity index (χ2v) is 6.40. The van der Waals surface area contributed by atoms with Gasteiger partial charge in [-0.05, 0) is 36.2 Å². The van der Waals surface area contributed by atoms with Gasteiger partial charge in [-0.15, -0.1) is 11.3 Å². The van der Waals surface area contributed by atoms with E-state index in [2.05, 4.69) is 33.2 Å². The van der Waals surface area contributed by atoms with E-state index in [-0.39, 0.29) is 6.04 Å². The number of halogens is 1. The second kappa shape index (κ2) is 5.39. The van der Waals surface area contributed by atoms with E-state index in [0.29, 0.717) is 6.54 Å². The maximum absolute atomic E-state index is 9.84. The van der Waals surface area contributed by atoms with Crippen LogP contribution in [0.15, 0.2) is 9.98 Å². The van der Waals surface area contributed by atoms with Gasteiger partial charge in [-0.3, -0.25) is 0 Å². The Kier molecular flexibility index (Phi) is 4.70. The molecule has 0 bridgehead atoms. The molecule has 0 aromatic carbocycles. The van der Waals surface area contributed by atoms with Crippen molar-refractivity contribution in [1.29, 1.82) is 0 Å². The van der Waals surface area contributed by atoms with Gasteiger partial charge in [-0.2, -0.15) is 0 Å². The lowest BCUT2D eigenvalue weighted by molar-refractivity contribution is 0.0533. The normalized spacial score (nSPS) is 17.4. The van der Waals surface area contributed by atoms with Gasteiger partial charge in [0.15, 0.2) is 0 Å². The van der Waals surface area contributed by atoms with Crippen LogP contribution in [0.2, 0.25) is 0 Å². The number of aliphatic hydroxyl groups is 1. The van der Waals surface area contributed by atoms with Gasteiger partial charge in [0.1, 0.15) is 5.01 Å². The van der Waals surface area contributed by atoms with Crippen molar-refractivity contribution in [2.75, 3.05) is 6.54 Å². The van der Waals surface area contributed by atoms with Crippen molar-refractivity contribution in [2.45, 2.75) is 38.8 Å². The number of thiazole rings is 1. The van der Waals surface area contributed by atoms with Crippen LogP contribution in [-0.4, -0.2) is 22.2 Å². The van der Waals surface area contributed by atoms with Crippen molar-refractivity contribution in [1.82, 2.24) is 10.3 Å². The number of rotatable bonds is 5. The highest BCUT2D eigenvalue weighted by Crippen LogP contribution is 2.24. The van der Waals surface area contributed by atoms with E-state index >= 15 is 0 Å². The molecule has 1 heterocycles. The lowest BCUT2D eigenvalue weighted by atomic mass is 10.0. The summed E-state index contributed by atoms with van der Waals surface area (Å²) >= 11 is 5.00. The summed E-state index contributed by atoms with van der Waals surface area (Å²) in [4.78, 5) is 4.27. The van der Waals surface area contributed by atoms with Crippen molar-refractivity contribution in [2.24, 2.45) is 0 Å². The Labute approximate surface area is 103 Å². The van der Waals surface area contributed by atoms with Crippen LogP contribution in [0.25, 0.3) is 0 Å². The molecule has 0 radical (unpaired) electrons. The zero-order valence-electron chi connectivity index (χ0n) is 9.25. The molecule has 1 rings (SSSR count). The molecule has 1 aromatic rings. The fourth-order valence-electron chi connectivity index (χ4n) is 1.05. The monoisotopic (exact) mass is 292 g/mol. The Bertz CT molecular complexity index is 314. The molecule has 0 saturated carbocycles. The van der Waals surface area contributed by atoms with Crippen molar-refractivity contribution in [3.63, 3.8) is 0 Å². The number of nitrogens with zero attached hydrogens (tertiary/aromatic N) is 1. The van der Waals surface area contributed by atoms with E-state index in [4.69, 9.17) is 0 Å². The molecule has 0 aliphatic rings.